The molecule has 0 spiro atoms. The van der Waals surface area contributed by atoms with Crippen molar-refractivity contribution in [1.29, 1.82) is 0 Å². The zero-order chi connectivity index (χ0) is 14.9. The second kappa shape index (κ2) is 5.20. The third kappa shape index (κ3) is 2.96. The highest BCUT2D eigenvalue weighted by molar-refractivity contribution is 7.08. The van der Waals surface area contributed by atoms with Crippen LogP contribution in [0.15, 0.2) is 18.2 Å². The van der Waals surface area contributed by atoms with Crippen molar-refractivity contribution in [1.82, 2.24) is 9.59 Å². The summed E-state index contributed by atoms with van der Waals surface area (Å²) in [5, 5.41) is 6.90. The second-order valence-electron chi connectivity index (χ2n) is 5.73. The Kier molecular flexibility index (Phi) is 3.76. The van der Waals surface area contributed by atoms with Gasteiger partial charge >= 0.3 is 0 Å². The summed E-state index contributed by atoms with van der Waals surface area (Å²) in [6, 6.07) is 5.45. The maximum Gasteiger partial charge on any atom is 0.269 e. The number of anilines is 2. The molecule has 0 aliphatic carbocycles. The van der Waals surface area contributed by atoms with Gasteiger partial charge in [-0.1, -0.05) is 31.3 Å². The van der Waals surface area contributed by atoms with E-state index in [1.165, 1.54) is 0 Å². The summed E-state index contributed by atoms with van der Waals surface area (Å²) in [5.41, 5.74) is 8.64. The van der Waals surface area contributed by atoms with Crippen LogP contribution in [-0.2, 0) is 5.41 Å². The smallest absolute Gasteiger partial charge is 0.269 e. The molecule has 0 aliphatic heterocycles. The van der Waals surface area contributed by atoms with Gasteiger partial charge in [-0.3, -0.25) is 4.79 Å². The molecule has 0 unspecified atom stereocenters. The second-order valence-corrected chi connectivity index (χ2v) is 6.48. The van der Waals surface area contributed by atoms with Crippen molar-refractivity contribution in [2.75, 3.05) is 11.1 Å². The predicted octanol–water partition coefficient (Wildman–Crippen LogP) is 2.98. The van der Waals surface area contributed by atoms with Gasteiger partial charge in [0, 0.05) is 16.8 Å². The van der Waals surface area contributed by atoms with E-state index in [0.717, 1.165) is 17.1 Å². The maximum absolute atomic E-state index is 12.3. The van der Waals surface area contributed by atoms with Gasteiger partial charge in [-0.2, -0.15) is 0 Å². The molecule has 2 rings (SSSR count). The van der Waals surface area contributed by atoms with Gasteiger partial charge in [0.25, 0.3) is 5.91 Å². The Bertz CT molecular complexity index is 643. The first-order valence-electron chi connectivity index (χ1n) is 6.29. The first kappa shape index (κ1) is 14.5. The Hall–Kier alpha value is -1.95. The predicted molar refractivity (Wildman–Crippen MR) is 82.2 cm³/mol. The van der Waals surface area contributed by atoms with E-state index in [4.69, 9.17) is 5.73 Å². The third-order valence-corrected chi connectivity index (χ3v) is 3.67. The van der Waals surface area contributed by atoms with Crippen molar-refractivity contribution < 1.29 is 4.79 Å². The van der Waals surface area contributed by atoms with Crippen LogP contribution in [0.25, 0.3) is 0 Å². The monoisotopic (exact) mass is 290 g/mol. The van der Waals surface area contributed by atoms with Crippen LogP contribution in [0.5, 0.6) is 0 Å². The molecule has 1 aromatic carbocycles. The molecule has 0 saturated carbocycles. The van der Waals surface area contributed by atoms with Crippen LogP contribution in [0.1, 0.15) is 41.7 Å². The molecule has 6 heteroatoms. The lowest BCUT2D eigenvalue weighted by Crippen LogP contribution is -2.19. The van der Waals surface area contributed by atoms with E-state index in [1.807, 2.05) is 39.8 Å². The van der Waals surface area contributed by atoms with Crippen LogP contribution in [-0.4, -0.2) is 15.5 Å². The number of nitrogen functional groups attached to an aromatic ring is 1. The number of aryl methyl sites for hydroxylation is 1. The number of carbonyl (C=O) groups excluding carboxylic acids is 1. The molecule has 1 amide bonds. The van der Waals surface area contributed by atoms with Crippen LogP contribution in [0.4, 0.5) is 11.4 Å². The number of nitrogens with zero attached hydrogens (tertiary/aromatic N) is 2. The molecule has 0 saturated heterocycles. The number of benzene rings is 1. The highest BCUT2D eigenvalue weighted by Crippen LogP contribution is 2.26. The van der Waals surface area contributed by atoms with E-state index in [2.05, 4.69) is 14.9 Å². The number of amides is 1. The van der Waals surface area contributed by atoms with Crippen LogP contribution in [0.3, 0.4) is 0 Å². The molecule has 0 fully saturated rings. The third-order valence-electron chi connectivity index (χ3n) is 2.94. The first-order chi connectivity index (χ1) is 9.29. The van der Waals surface area contributed by atoms with Gasteiger partial charge in [0.05, 0.1) is 5.69 Å². The van der Waals surface area contributed by atoms with Gasteiger partial charge in [0.1, 0.15) is 4.88 Å². The Balaban J connectivity index is 2.25. The SMILES string of the molecule is Cc1ccc(NC(=O)c2snnc2C(C)(C)C)cc1N. The van der Waals surface area contributed by atoms with Crippen LogP contribution in [0, 0.1) is 6.92 Å². The molecular formula is C14H18N4OS. The average Bonchev–Trinajstić information content (AvgIpc) is 2.83. The van der Waals surface area contributed by atoms with E-state index >= 15 is 0 Å². The van der Waals surface area contributed by atoms with Crippen molar-refractivity contribution in [2.24, 2.45) is 0 Å². The summed E-state index contributed by atoms with van der Waals surface area (Å²) in [6.45, 7) is 7.94. The summed E-state index contributed by atoms with van der Waals surface area (Å²) in [5.74, 6) is -0.201. The van der Waals surface area contributed by atoms with Crippen molar-refractivity contribution in [3.63, 3.8) is 0 Å². The van der Waals surface area contributed by atoms with E-state index < -0.39 is 0 Å². The standard InChI is InChI=1S/C14H18N4OS/c1-8-5-6-9(7-10(8)15)16-13(19)11-12(14(2,3)4)17-18-20-11/h5-7H,15H2,1-4H3,(H,16,19). The van der Waals surface area contributed by atoms with Crippen LogP contribution in [0.2, 0.25) is 0 Å². The van der Waals surface area contributed by atoms with E-state index in [9.17, 15) is 4.79 Å². The normalized spacial score (nSPS) is 11.4. The molecule has 0 radical (unpaired) electrons. The first-order valence-corrected chi connectivity index (χ1v) is 7.06. The summed E-state index contributed by atoms with van der Waals surface area (Å²) in [7, 11) is 0. The Labute approximate surface area is 122 Å². The molecule has 0 aliphatic rings. The maximum atomic E-state index is 12.3. The molecule has 0 bridgehead atoms. The molecule has 0 atom stereocenters. The lowest BCUT2D eigenvalue weighted by atomic mass is 9.91. The zero-order valence-corrected chi connectivity index (χ0v) is 12.8. The van der Waals surface area contributed by atoms with Gasteiger partial charge in [0.2, 0.25) is 0 Å². The van der Waals surface area contributed by atoms with Gasteiger partial charge < -0.3 is 11.1 Å². The van der Waals surface area contributed by atoms with Gasteiger partial charge in [0.15, 0.2) is 0 Å². The number of rotatable bonds is 2. The quantitative estimate of drug-likeness (QED) is 0.833. The van der Waals surface area contributed by atoms with E-state index in [0.29, 0.717) is 21.9 Å². The summed E-state index contributed by atoms with van der Waals surface area (Å²) in [6.07, 6.45) is 0. The molecule has 1 aromatic heterocycles. The fourth-order valence-electron chi connectivity index (χ4n) is 1.74. The Morgan fingerprint density at radius 3 is 2.65 bits per heavy atom. The van der Waals surface area contributed by atoms with Gasteiger partial charge in [-0.05, 0) is 36.2 Å². The van der Waals surface area contributed by atoms with Crippen LogP contribution < -0.4 is 11.1 Å². The minimum absolute atomic E-state index is 0.201. The number of hydrogen-bond donors (Lipinski definition) is 2. The van der Waals surface area contributed by atoms with Crippen molar-refractivity contribution in [2.45, 2.75) is 33.1 Å². The average molecular weight is 290 g/mol. The minimum Gasteiger partial charge on any atom is -0.398 e. The zero-order valence-electron chi connectivity index (χ0n) is 12.0. The number of hydrogen-bond acceptors (Lipinski definition) is 5. The molecule has 3 N–H and O–H groups in total. The minimum atomic E-state index is -0.216. The molecule has 1 heterocycles. The largest absolute Gasteiger partial charge is 0.398 e. The highest BCUT2D eigenvalue weighted by Gasteiger charge is 2.26. The highest BCUT2D eigenvalue weighted by atomic mass is 32.1. The van der Waals surface area contributed by atoms with Crippen molar-refractivity contribution in [3.8, 4) is 0 Å². The van der Waals surface area contributed by atoms with Crippen molar-refractivity contribution in [3.05, 3.63) is 34.3 Å². The molecule has 5 nitrogen and oxygen atoms in total. The van der Waals surface area contributed by atoms with Crippen molar-refractivity contribution >= 4 is 28.8 Å². The lowest BCUT2D eigenvalue weighted by molar-refractivity contribution is 0.102. The number of carbonyl (C=O) groups is 1. The fourth-order valence-corrected chi connectivity index (χ4v) is 2.51. The number of aromatic nitrogens is 2. The summed E-state index contributed by atoms with van der Waals surface area (Å²) < 4.78 is 3.89. The molecular weight excluding hydrogens is 272 g/mol. The van der Waals surface area contributed by atoms with Gasteiger partial charge in [-0.15, -0.1) is 5.10 Å². The molecule has 106 valence electrons. The fraction of sp³-hybridized carbons (Fsp3) is 0.357. The lowest BCUT2D eigenvalue weighted by Gasteiger charge is -2.16. The topological polar surface area (TPSA) is 80.9 Å². The molecule has 2 aromatic rings. The Morgan fingerprint density at radius 1 is 1.35 bits per heavy atom. The summed E-state index contributed by atoms with van der Waals surface area (Å²) >= 11 is 1.11. The number of nitrogens with two attached hydrogens (primary N) is 1. The van der Waals surface area contributed by atoms with E-state index in [1.54, 1.807) is 6.07 Å². The van der Waals surface area contributed by atoms with Crippen LogP contribution >= 0.6 is 11.5 Å². The van der Waals surface area contributed by atoms with E-state index in [-0.39, 0.29) is 11.3 Å². The Morgan fingerprint density at radius 2 is 2.05 bits per heavy atom. The number of nitrogens with one attached hydrogen (secondary N) is 1. The summed E-state index contributed by atoms with van der Waals surface area (Å²) in [4.78, 5) is 12.9. The molecule has 20 heavy (non-hydrogen) atoms. The van der Waals surface area contributed by atoms with Gasteiger partial charge in [-0.25, -0.2) is 0 Å².